The molecule has 0 aromatic carbocycles. The number of hydrogen-bond donors (Lipinski definition) is 0. The molecule has 1 atom stereocenters. The van der Waals surface area contributed by atoms with Gasteiger partial charge in [0.25, 0.3) is 0 Å². The molecule has 0 spiro atoms. The zero-order valence-corrected chi connectivity index (χ0v) is 54.0. The van der Waals surface area contributed by atoms with E-state index in [-0.39, 0.29) is 37.5 Å². The van der Waals surface area contributed by atoms with Crippen LogP contribution < -0.4 is 0 Å². The van der Waals surface area contributed by atoms with E-state index in [1.165, 1.54) is 186 Å². The molecule has 6 nitrogen and oxygen atoms in total. The summed E-state index contributed by atoms with van der Waals surface area (Å²) in [5.41, 5.74) is 0. The largest absolute Gasteiger partial charge is 0.462 e. The highest BCUT2D eigenvalue weighted by molar-refractivity contribution is 5.71. The smallest absolute Gasteiger partial charge is 0.306 e. The van der Waals surface area contributed by atoms with Crippen molar-refractivity contribution >= 4 is 17.9 Å². The summed E-state index contributed by atoms with van der Waals surface area (Å²) in [7, 11) is 0. The number of carbonyl (C=O) groups excluding carboxylic acids is 3. The minimum absolute atomic E-state index is 0.102. The lowest BCUT2D eigenvalue weighted by Crippen LogP contribution is -2.30. The van der Waals surface area contributed by atoms with Gasteiger partial charge < -0.3 is 14.2 Å². The molecule has 0 aliphatic carbocycles. The number of carbonyl (C=O) groups is 3. The van der Waals surface area contributed by atoms with E-state index >= 15 is 0 Å². The average molecular weight is 1140 g/mol. The zero-order valence-electron chi connectivity index (χ0n) is 54.0. The molecule has 0 aliphatic heterocycles. The van der Waals surface area contributed by atoms with Crippen molar-refractivity contribution in [1.82, 2.24) is 0 Å². The van der Waals surface area contributed by atoms with Crippen molar-refractivity contribution in [2.45, 2.75) is 341 Å². The molecular weight excluding hydrogens is 1010 g/mol. The Morgan fingerprint density at radius 2 is 0.488 bits per heavy atom. The topological polar surface area (TPSA) is 78.9 Å². The zero-order chi connectivity index (χ0) is 59.2. The first-order chi connectivity index (χ1) is 40.5. The van der Waals surface area contributed by atoms with Gasteiger partial charge in [-0.15, -0.1) is 0 Å². The maximum absolute atomic E-state index is 12.9. The summed E-state index contributed by atoms with van der Waals surface area (Å²) in [6.45, 7) is 6.49. The van der Waals surface area contributed by atoms with Gasteiger partial charge >= 0.3 is 17.9 Å². The minimum atomic E-state index is -0.815. The highest BCUT2D eigenvalue weighted by atomic mass is 16.6. The fraction of sp³-hybridized carbons (Fsp3) is 0.724. The quantitative estimate of drug-likeness (QED) is 0.0261. The molecule has 6 heteroatoms. The van der Waals surface area contributed by atoms with Gasteiger partial charge in [-0.25, -0.2) is 0 Å². The van der Waals surface area contributed by atoms with E-state index in [2.05, 4.69) is 130 Å². The van der Waals surface area contributed by atoms with Gasteiger partial charge in [0.1, 0.15) is 13.2 Å². The fourth-order valence-electron chi connectivity index (χ4n) is 9.82. The summed E-state index contributed by atoms with van der Waals surface area (Å²) in [6, 6.07) is 0. The van der Waals surface area contributed by atoms with Gasteiger partial charge in [0.15, 0.2) is 6.10 Å². The van der Waals surface area contributed by atoms with E-state index in [9.17, 15) is 14.4 Å². The molecule has 1 unspecified atom stereocenters. The summed E-state index contributed by atoms with van der Waals surface area (Å²) >= 11 is 0. The van der Waals surface area contributed by atoms with Crippen LogP contribution in [0.15, 0.2) is 109 Å². The standard InChI is InChI=1S/C76H130O6/c1-4-7-10-13-16-19-22-25-28-31-33-35-37-39-40-42-45-48-51-54-57-60-63-66-69-75(78)81-72-73(71-80-74(77)68-65-62-59-56-53-50-47-44-30-27-24-21-18-15-12-9-6-3)82-76(79)70-67-64-61-58-55-52-49-46-43-41-38-36-34-32-29-26-23-20-17-14-11-8-5-2/h8,11,17-18,20-21,26-27,29-30,34,36,41,43,49,52,58,61,73H,4-7,9-10,12-16,19,22-25,28,31-33,35,37-40,42,44-48,50-51,53-57,59-60,62-72H2,1-3H3/b11-8-,20-17-,21-18-,29-26-,30-27-,36-34-,43-41-,52-49-,61-58-. The Morgan fingerprint density at radius 1 is 0.256 bits per heavy atom. The predicted molar refractivity (Wildman–Crippen MR) is 357 cm³/mol. The fourth-order valence-corrected chi connectivity index (χ4v) is 9.82. The summed E-state index contributed by atoms with van der Waals surface area (Å²) < 4.78 is 16.9. The third-order valence-electron chi connectivity index (χ3n) is 15.0. The van der Waals surface area contributed by atoms with Crippen molar-refractivity contribution in [2.75, 3.05) is 13.2 Å². The monoisotopic (exact) mass is 1140 g/mol. The second kappa shape index (κ2) is 69.6. The van der Waals surface area contributed by atoms with Gasteiger partial charge in [-0.2, -0.15) is 0 Å². The Morgan fingerprint density at radius 3 is 0.805 bits per heavy atom. The maximum atomic E-state index is 12.9. The van der Waals surface area contributed by atoms with E-state index in [0.29, 0.717) is 19.3 Å². The van der Waals surface area contributed by atoms with Gasteiger partial charge in [0, 0.05) is 19.3 Å². The first kappa shape index (κ1) is 78.1. The molecule has 0 N–H and O–H groups in total. The van der Waals surface area contributed by atoms with E-state index in [0.717, 1.165) is 103 Å². The Bertz CT molecular complexity index is 1640. The molecule has 0 aromatic heterocycles. The summed E-state index contributed by atoms with van der Waals surface area (Å²) in [6.07, 6.45) is 95.4. The Labute approximate surface area is 508 Å². The number of rotatable bonds is 63. The summed E-state index contributed by atoms with van der Waals surface area (Å²) in [5.74, 6) is -0.957. The first-order valence-corrected chi connectivity index (χ1v) is 34.9. The molecule has 0 bridgehead atoms. The molecule has 0 aliphatic rings. The first-order valence-electron chi connectivity index (χ1n) is 34.9. The highest BCUT2D eigenvalue weighted by Gasteiger charge is 2.19. The molecule has 0 amide bonds. The van der Waals surface area contributed by atoms with Crippen LogP contribution in [0.3, 0.4) is 0 Å². The van der Waals surface area contributed by atoms with Crippen LogP contribution in [0.2, 0.25) is 0 Å². The van der Waals surface area contributed by atoms with Crippen LogP contribution in [0.1, 0.15) is 335 Å². The molecule has 0 saturated carbocycles. The Hall–Kier alpha value is -3.93. The van der Waals surface area contributed by atoms with Crippen LogP contribution in [0, 0.1) is 0 Å². The molecule has 82 heavy (non-hydrogen) atoms. The molecule has 0 heterocycles. The number of allylic oxidation sites excluding steroid dienone is 18. The highest BCUT2D eigenvalue weighted by Crippen LogP contribution is 2.17. The molecule has 0 aromatic rings. The predicted octanol–water partition coefficient (Wildman–Crippen LogP) is 24.2. The molecule has 0 saturated heterocycles. The van der Waals surface area contributed by atoms with Crippen LogP contribution in [-0.2, 0) is 28.6 Å². The van der Waals surface area contributed by atoms with Gasteiger partial charge in [0.2, 0.25) is 0 Å². The van der Waals surface area contributed by atoms with Gasteiger partial charge in [-0.05, 0) is 103 Å². The van der Waals surface area contributed by atoms with Gasteiger partial charge in [-0.1, -0.05) is 323 Å². The Kier molecular flexibility index (Phi) is 66.2. The molecule has 0 fully saturated rings. The maximum Gasteiger partial charge on any atom is 0.306 e. The van der Waals surface area contributed by atoms with Crippen molar-refractivity contribution in [3.05, 3.63) is 109 Å². The van der Waals surface area contributed by atoms with E-state index in [4.69, 9.17) is 14.2 Å². The van der Waals surface area contributed by atoms with Crippen molar-refractivity contribution in [2.24, 2.45) is 0 Å². The SMILES string of the molecule is CC/C=C\C/C=C\C/C=C\C/C=C\C/C=C\C/C=C\C/C=C\CCCC(=O)OC(COC(=O)CCCCCCCCC/C=C\C/C=C\CCCCC)COC(=O)CCCCCCCCCCCCCCCCCCCCCCCCCC. The van der Waals surface area contributed by atoms with Crippen molar-refractivity contribution < 1.29 is 28.6 Å². The van der Waals surface area contributed by atoms with Crippen LogP contribution in [-0.4, -0.2) is 37.2 Å². The molecule has 0 radical (unpaired) electrons. The van der Waals surface area contributed by atoms with Crippen molar-refractivity contribution in [3.8, 4) is 0 Å². The summed E-state index contributed by atoms with van der Waals surface area (Å²) in [4.78, 5) is 38.4. The van der Waals surface area contributed by atoms with Crippen LogP contribution in [0.25, 0.3) is 0 Å². The van der Waals surface area contributed by atoms with Crippen molar-refractivity contribution in [3.63, 3.8) is 0 Å². The van der Waals surface area contributed by atoms with Gasteiger partial charge in [-0.3, -0.25) is 14.4 Å². The summed E-state index contributed by atoms with van der Waals surface area (Å²) in [5, 5.41) is 0. The lowest BCUT2D eigenvalue weighted by atomic mass is 10.0. The number of hydrogen-bond acceptors (Lipinski definition) is 6. The van der Waals surface area contributed by atoms with E-state index in [1.54, 1.807) is 0 Å². The van der Waals surface area contributed by atoms with Crippen LogP contribution in [0.5, 0.6) is 0 Å². The molecule has 470 valence electrons. The number of ether oxygens (including phenoxy) is 3. The van der Waals surface area contributed by atoms with E-state index in [1.807, 2.05) is 0 Å². The van der Waals surface area contributed by atoms with Crippen LogP contribution >= 0.6 is 0 Å². The third-order valence-corrected chi connectivity index (χ3v) is 15.0. The molecule has 0 rings (SSSR count). The lowest BCUT2D eigenvalue weighted by Gasteiger charge is -2.18. The minimum Gasteiger partial charge on any atom is -0.462 e. The number of unbranched alkanes of at least 4 members (excludes halogenated alkanes) is 34. The second-order valence-electron chi connectivity index (χ2n) is 23.1. The normalized spacial score (nSPS) is 12.8. The Balaban J connectivity index is 4.44. The van der Waals surface area contributed by atoms with Crippen LogP contribution in [0.4, 0.5) is 0 Å². The average Bonchev–Trinajstić information content (AvgIpc) is 3.47. The van der Waals surface area contributed by atoms with E-state index < -0.39 is 6.10 Å². The third kappa shape index (κ3) is 66.9. The lowest BCUT2D eigenvalue weighted by molar-refractivity contribution is -0.167. The molecular formula is C76H130O6. The second-order valence-corrected chi connectivity index (χ2v) is 23.1. The number of esters is 3. The van der Waals surface area contributed by atoms with Gasteiger partial charge in [0.05, 0.1) is 0 Å². The van der Waals surface area contributed by atoms with Crippen molar-refractivity contribution in [1.29, 1.82) is 0 Å².